The lowest BCUT2D eigenvalue weighted by Crippen LogP contribution is -2.05. The van der Waals surface area contributed by atoms with E-state index in [9.17, 15) is 9.59 Å². The van der Waals surface area contributed by atoms with Gasteiger partial charge in [-0.15, -0.1) is 11.3 Å². The number of carbonyl (C=O) groups excluding carboxylic acids is 2. The number of carbonyl (C=O) groups is 2. The van der Waals surface area contributed by atoms with Gasteiger partial charge < -0.3 is 4.74 Å². The zero-order valence-electron chi connectivity index (χ0n) is 13.8. The first-order chi connectivity index (χ1) is 12.2. The summed E-state index contributed by atoms with van der Waals surface area (Å²) in [6, 6.07) is 14.7. The van der Waals surface area contributed by atoms with Crippen molar-refractivity contribution in [2.75, 3.05) is 7.11 Å². The minimum Gasteiger partial charge on any atom is -0.497 e. The van der Waals surface area contributed by atoms with Crippen LogP contribution in [0, 0.1) is 0 Å². The van der Waals surface area contributed by atoms with Crippen molar-refractivity contribution in [2.45, 2.75) is 12.8 Å². The SMILES string of the molecule is COc1cccc(C(=O)Cc2ccc(CC(=O)c3cscn3)cc2)c1. The largest absolute Gasteiger partial charge is 0.497 e. The van der Waals surface area contributed by atoms with E-state index >= 15 is 0 Å². The summed E-state index contributed by atoms with van der Waals surface area (Å²) >= 11 is 1.41. The standard InChI is InChI=1S/C20H17NO3S/c1-24-17-4-2-3-16(11-17)19(22)9-14-5-7-15(8-6-14)10-20(23)18-12-25-13-21-18/h2-8,11-13H,9-10H2,1H3. The van der Waals surface area contributed by atoms with Crippen LogP contribution < -0.4 is 4.74 Å². The zero-order chi connectivity index (χ0) is 17.6. The molecular weight excluding hydrogens is 334 g/mol. The molecule has 1 heterocycles. The second kappa shape index (κ2) is 7.85. The molecule has 0 unspecified atom stereocenters. The topological polar surface area (TPSA) is 56.3 Å². The van der Waals surface area contributed by atoms with E-state index < -0.39 is 0 Å². The number of benzene rings is 2. The van der Waals surface area contributed by atoms with E-state index in [1.54, 1.807) is 36.2 Å². The molecule has 4 nitrogen and oxygen atoms in total. The Hall–Kier alpha value is -2.79. The van der Waals surface area contributed by atoms with Crippen molar-refractivity contribution in [3.8, 4) is 5.75 Å². The molecule has 0 fully saturated rings. The summed E-state index contributed by atoms with van der Waals surface area (Å²) in [5, 5.41) is 1.75. The number of thiazole rings is 1. The maximum absolute atomic E-state index is 12.4. The molecule has 0 aliphatic carbocycles. The fourth-order valence-electron chi connectivity index (χ4n) is 2.49. The molecular formula is C20H17NO3S. The Morgan fingerprint density at radius 3 is 2.28 bits per heavy atom. The Bertz CT molecular complexity index is 870. The van der Waals surface area contributed by atoms with Crippen LogP contribution in [-0.4, -0.2) is 23.7 Å². The Morgan fingerprint density at radius 2 is 1.68 bits per heavy atom. The third-order valence-corrected chi connectivity index (χ3v) is 4.45. The molecule has 0 bridgehead atoms. The Labute approximate surface area is 150 Å². The number of ketones is 2. The van der Waals surface area contributed by atoms with Gasteiger partial charge in [0.2, 0.25) is 0 Å². The molecule has 0 atom stereocenters. The molecule has 0 spiro atoms. The van der Waals surface area contributed by atoms with Crippen LogP contribution in [0.1, 0.15) is 32.0 Å². The molecule has 3 rings (SSSR count). The molecule has 126 valence electrons. The quantitative estimate of drug-likeness (QED) is 0.604. The Balaban J connectivity index is 1.64. The minimum atomic E-state index is 0.00135. The second-order valence-electron chi connectivity index (χ2n) is 5.62. The number of rotatable bonds is 7. The van der Waals surface area contributed by atoms with Gasteiger partial charge in [0.15, 0.2) is 11.6 Å². The molecule has 0 saturated carbocycles. The monoisotopic (exact) mass is 351 g/mol. The molecule has 1 aromatic heterocycles. The minimum absolute atomic E-state index is 0.00135. The van der Waals surface area contributed by atoms with Gasteiger partial charge in [-0.2, -0.15) is 0 Å². The molecule has 0 radical (unpaired) electrons. The summed E-state index contributed by atoms with van der Waals surface area (Å²) in [6.07, 6.45) is 0.626. The van der Waals surface area contributed by atoms with E-state index in [0.29, 0.717) is 29.8 Å². The van der Waals surface area contributed by atoms with E-state index in [4.69, 9.17) is 4.74 Å². The van der Waals surface area contributed by atoms with Crippen LogP contribution in [0.15, 0.2) is 59.4 Å². The van der Waals surface area contributed by atoms with Crippen LogP contribution in [0.4, 0.5) is 0 Å². The van der Waals surface area contributed by atoms with Gasteiger partial charge in [-0.1, -0.05) is 36.4 Å². The van der Waals surface area contributed by atoms with E-state index in [2.05, 4.69) is 4.98 Å². The molecule has 0 aliphatic heterocycles. The smallest absolute Gasteiger partial charge is 0.186 e. The summed E-state index contributed by atoms with van der Waals surface area (Å²) in [5.74, 6) is 0.702. The fourth-order valence-corrected chi connectivity index (χ4v) is 3.04. The van der Waals surface area contributed by atoms with Crippen molar-refractivity contribution in [1.82, 2.24) is 4.98 Å². The molecule has 5 heteroatoms. The molecule has 0 amide bonds. The first kappa shape index (κ1) is 17.0. The van der Waals surface area contributed by atoms with Gasteiger partial charge in [0, 0.05) is 23.8 Å². The summed E-state index contributed by atoms with van der Waals surface area (Å²) < 4.78 is 5.15. The Kier molecular flexibility index (Phi) is 5.36. The highest BCUT2D eigenvalue weighted by atomic mass is 32.1. The number of methoxy groups -OCH3 is 1. The molecule has 25 heavy (non-hydrogen) atoms. The van der Waals surface area contributed by atoms with Crippen molar-refractivity contribution in [2.24, 2.45) is 0 Å². The summed E-state index contributed by atoms with van der Waals surface area (Å²) in [5.41, 5.74) is 4.61. The summed E-state index contributed by atoms with van der Waals surface area (Å²) in [4.78, 5) is 28.5. The lowest BCUT2D eigenvalue weighted by atomic mass is 10.00. The maximum atomic E-state index is 12.4. The third kappa shape index (κ3) is 4.39. The molecule has 0 aliphatic rings. The van der Waals surface area contributed by atoms with Crippen LogP contribution >= 0.6 is 11.3 Å². The van der Waals surface area contributed by atoms with Crippen molar-refractivity contribution < 1.29 is 14.3 Å². The number of ether oxygens (including phenoxy) is 1. The first-order valence-corrected chi connectivity index (χ1v) is 8.76. The van der Waals surface area contributed by atoms with Crippen LogP contribution in [0.5, 0.6) is 5.75 Å². The van der Waals surface area contributed by atoms with E-state index in [1.165, 1.54) is 11.3 Å². The van der Waals surface area contributed by atoms with E-state index in [0.717, 1.165) is 11.1 Å². The predicted octanol–water partition coefficient (Wildman–Crippen LogP) is 4.00. The number of Topliss-reactive ketones (excluding diaryl/α,β-unsaturated/α-hetero) is 2. The van der Waals surface area contributed by atoms with Gasteiger partial charge in [-0.05, 0) is 23.3 Å². The second-order valence-corrected chi connectivity index (χ2v) is 6.34. The number of aromatic nitrogens is 1. The van der Waals surface area contributed by atoms with Gasteiger partial charge in [-0.3, -0.25) is 9.59 Å². The van der Waals surface area contributed by atoms with Gasteiger partial charge >= 0.3 is 0 Å². The van der Waals surface area contributed by atoms with Crippen molar-refractivity contribution in [3.63, 3.8) is 0 Å². The molecule has 0 saturated heterocycles. The van der Waals surface area contributed by atoms with Crippen LogP contribution in [-0.2, 0) is 12.8 Å². The highest BCUT2D eigenvalue weighted by molar-refractivity contribution is 7.07. The normalized spacial score (nSPS) is 10.4. The average molecular weight is 351 g/mol. The molecule has 2 aromatic carbocycles. The highest BCUT2D eigenvalue weighted by Crippen LogP contribution is 2.16. The number of hydrogen-bond acceptors (Lipinski definition) is 5. The van der Waals surface area contributed by atoms with Crippen LogP contribution in [0.25, 0.3) is 0 Å². The zero-order valence-corrected chi connectivity index (χ0v) is 14.6. The predicted molar refractivity (Wildman–Crippen MR) is 97.6 cm³/mol. The van der Waals surface area contributed by atoms with Gasteiger partial charge in [0.05, 0.1) is 12.6 Å². The van der Waals surface area contributed by atoms with Gasteiger partial charge in [0.25, 0.3) is 0 Å². The Morgan fingerprint density at radius 1 is 1.00 bits per heavy atom. The highest BCUT2D eigenvalue weighted by Gasteiger charge is 2.11. The lowest BCUT2D eigenvalue weighted by Gasteiger charge is -2.05. The first-order valence-electron chi connectivity index (χ1n) is 7.82. The molecule has 3 aromatic rings. The molecule has 0 N–H and O–H groups in total. The summed E-state index contributed by atoms with van der Waals surface area (Å²) in [7, 11) is 1.58. The van der Waals surface area contributed by atoms with Crippen molar-refractivity contribution in [1.29, 1.82) is 0 Å². The summed E-state index contributed by atoms with van der Waals surface area (Å²) in [6.45, 7) is 0. The van der Waals surface area contributed by atoms with Crippen molar-refractivity contribution >= 4 is 22.9 Å². The van der Waals surface area contributed by atoms with Crippen LogP contribution in [0.2, 0.25) is 0 Å². The number of nitrogens with zero attached hydrogens (tertiary/aromatic N) is 1. The van der Waals surface area contributed by atoms with Crippen LogP contribution in [0.3, 0.4) is 0 Å². The fraction of sp³-hybridized carbons (Fsp3) is 0.150. The maximum Gasteiger partial charge on any atom is 0.186 e. The van der Waals surface area contributed by atoms with E-state index in [-0.39, 0.29) is 11.6 Å². The van der Waals surface area contributed by atoms with Crippen molar-refractivity contribution in [3.05, 3.63) is 81.8 Å². The average Bonchev–Trinajstić information content (AvgIpc) is 3.18. The number of hydrogen-bond donors (Lipinski definition) is 0. The van der Waals surface area contributed by atoms with E-state index in [1.807, 2.05) is 30.3 Å². The van der Waals surface area contributed by atoms with Gasteiger partial charge in [0.1, 0.15) is 11.4 Å². The third-order valence-electron chi connectivity index (χ3n) is 3.86. The lowest BCUT2D eigenvalue weighted by molar-refractivity contribution is 0.0981. The van der Waals surface area contributed by atoms with Gasteiger partial charge in [-0.25, -0.2) is 4.98 Å².